The Balaban J connectivity index is 1.19. The van der Waals surface area contributed by atoms with Gasteiger partial charge in [-0.25, -0.2) is 4.98 Å². The number of hydrogen-bond acceptors (Lipinski definition) is 3. The van der Waals surface area contributed by atoms with Crippen LogP contribution in [0.2, 0.25) is 0 Å². The first-order chi connectivity index (χ1) is 25.8. The number of pyridine rings is 2. The van der Waals surface area contributed by atoms with Crippen LogP contribution in [-0.4, -0.2) is 14.5 Å². The minimum absolute atomic E-state index is 0.889. The zero-order valence-corrected chi connectivity index (χ0v) is 27.8. The second-order valence-corrected chi connectivity index (χ2v) is 13.8. The molecule has 4 nitrogen and oxygen atoms in total. The highest BCUT2D eigenvalue weighted by molar-refractivity contribution is 6.29. The smallest absolute Gasteiger partial charge is 0.135 e. The van der Waals surface area contributed by atoms with Gasteiger partial charge >= 0.3 is 0 Å². The van der Waals surface area contributed by atoms with Crippen LogP contribution in [-0.2, 0) is 0 Å². The Morgan fingerprint density at radius 3 is 1.87 bits per heavy atom. The number of para-hydroxylation sites is 1. The van der Waals surface area contributed by atoms with Gasteiger partial charge in [0, 0.05) is 49.8 Å². The van der Waals surface area contributed by atoms with E-state index in [9.17, 15) is 0 Å². The highest BCUT2D eigenvalue weighted by Crippen LogP contribution is 2.42. The van der Waals surface area contributed by atoms with Crippen LogP contribution in [0.4, 0.5) is 0 Å². The fraction of sp³-hybridized carbons (Fsp3) is 0. The molecule has 8 aromatic carbocycles. The summed E-state index contributed by atoms with van der Waals surface area (Å²) in [7, 11) is 0. The summed E-state index contributed by atoms with van der Waals surface area (Å²) in [6, 6.07) is 56.7. The molecule has 12 aromatic rings. The van der Waals surface area contributed by atoms with Crippen LogP contribution in [0.1, 0.15) is 0 Å². The van der Waals surface area contributed by atoms with Crippen LogP contribution in [0.15, 0.2) is 168 Å². The third kappa shape index (κ3) is 3.81. The first-order valence-corrected chi connectivity index (χ1v) is 17.6. The summed E-state index contributed by atoms with van der Waals surface area (Å²) in [4.78, 5) is 9.94. The Bertz CT molecular complexity index is 3480. The SMILES string of the molecule is c1cnc2c(c1)ccc1ccc(-c3ccc4c(c3)c3cc5c6ccccc6c6ccccc6c5cc3n4-c3ccc4oc5ccccc5c4c3)nc12. The summed E-state index contributed by atoms with van der Waals surface area (Å²) in [6.45, 7) is 0. The van der Waals surface area contributed by atoms with E-state index in [1.165, 1.54) is 43.1 Å². The lowest BCUT2D eigenvalue weighted by molar-refractivity contribution is 0.669. The lowest BCUT2D eigenvalue weighted by Gasteiger charge is -2.12. The molecule has 0 aliphatic carbocycles. The molecule has 0 bridgehead atoms. The maximum absolute atomic E-state index is 6.25. The molecule has 0 saturated heterocycles. The number of rotatable bonds is 2. The molecular formula is C48H27N3O. The van der Waals surface area contributed by atoms with Crippen LogP contribution >= 0.6 is 0 Å². The van der Waals surface area contributed by atoms with Gasteiger partial charge in [-0.3, -0.25) is 4.98 Å². The van der Waals surface area contributed by atoms with Crippen LogP contribution in [0.5, 0.6) is 0 Å². The van der Waals surface area contributed by atoms with Crippen molar-refractivity contribution in [3.63, 3.8) is 0 Å². The van der Waals surface area contributed by atoms with Crippen LogP contribution in [0.3, 0.4) is 0 Å². The monoisotopic (exact) mass is 661 g/mol. The van der Waals surface area contributed by atoms with Gasteiger partial charge in [0.15, 0.2) is 0 Å². The van der Waals surface area contributed by atoms with E-state index in [1.807, 2.05) is 24.4 Å². The van der Waals surface area contributed by atoms with E-state index in [1.54, 1.807) is 0 Å². The molecule has 4 aromatic heterocycles. The lowest BCUT2D eigenvalue weighted by Crippen LogP contribution is -1.94. The number of fused-ring (bicyclic) bond motifs is 15. The molecule has 0 spiro atoms. The zero-order chi connectivity index (χ0) is 33.9. The standard InChI is InChI=1S/C48H27N3O/c1-3-11-34-32(9-1)33-10-2-4-12-35(33)38-27-44-40(26-37(34)38)39-24-30(42-20-17-29-16-15-28-8-7-23-49-47(28)48(29)50-42)18-21-43(39)51(44)31-19-22-46-41(25-31)36-13-5-6-14-45(36)52-46/h1-27H. The fourth-order valence-corrected chi connectivity index (χ4v) is 8.59. The maximum Gasteiger partial charge on any atom is 0.135 e. The molecule has 12 rings (SSSR count). The number of nitrogens with zero attached hydrogens (tertiary/aromatic N) is 3. The van der Waals surface area contributed by atoms with E-state index in [0.29, 0.717) is 0 Å². The van der Waals surface area contributed by atoms with Gasteiger partial charge in [0.05, 0.1) is 27.8 Å². The Morgan fingerprint density at radius 2 is 1.06 bits per heavy atom. The van der Waals surface area contributed by atoms with Gasteiger partial charge in [-0.1, -0.05) is 97.1 Å². The molecular weight excluding hydrogens is 635 g/mol. The second-order valence-electron chi connectivity index (χ2n) is 13.8. The second kappa shape index (κ2) is 10.3. The van der Waals surface area contributed by atoms with E-state index in [2.05, 4.69) is 144 Å². The molecule has 0 saturated carbocycles. The van der Waals surface area contributed by atoms with Crippen molar-refractivity contribution in [1.82, 2.24) is 14.5 Å². The van der Waals surface area contributed by atoms with Gasteiger partial charge in [-0.05, 0) is 93.0 Å². The molecule has 0 radical (unpaired) electrons. The van der Waals surface area contributed by atoms with Crippen LogP contribution in [0.25, 0.3) is 115 Å². The van der Waals surface area contributed by atoms with Crippen molar-refractivity contribution in [2.75, 3.05) is 0 Å². The molecule has 0 N–H and O–H groups in total. The molecule has 0 aliphatic heterocycles. The number of aromatic nitrogens is 3. The van der Waals surface area contributed by atoms with Crippen LogP contribution < -0.4 is 0 Å². The van der Waals surface area contributed by atoms with Crippen molar-refractivity contribution in [1.29, 1.82) is 0 Å². The van der Waals surface area contributed by atoms with Gasteiger partial charge in [-0.15, -0.1) is 0 Å². The number of benzene rings is 8. The minimum atomic E-state index is 0.889. The molecule has 0 amide bonds. The van der Waals surface area contributed by atoms with Crippen molar-refractivity contribution in [2.45, 2.75) is 0 Å². The van der Waals surface area contributed by atoms with Crippen molar-refractivity contribution >= 4 is 97.9 Å². The Morgan fingerprint density at radius 1 is 0.404 bits per heavy atom. The van der Waals surface area contributed by atoms with E-state index in [-0.39, 0.29) is 0 Å². The van der Waals surface area contributed by atoms with Crippen LogP contribution in [0, 0.1) is 0 Å². The number of hydrogen-bond donors (Lipinski definition) is 0. The molecule has 0 unspecified atom stereocenters. The predicted octanol–water partition coefficient (Wildman–Crippen LogP) is 12.9. The average Bonchev–Trinajstić information content (AvgIpc) is 3.74. The van der Waals surface area contributed by atoms with E-state index in [0.717, 1.165) is 71.7 Å². The Hall–Kier alpha value is -7.04. The third-order valence-corrected chi connectivity index (χ3v) is 11.0. The largest absolute Gasteiger partial charge is 0.456 e. The van der Waals surface area contributed by atoms with Crippen molar-refractivity contribution < 1.29 is 4.42 Å². The van der Waals surface area contributed by atoms with Crippen molar-refractivity contribution in [3.8, 4) is 16.9 Å². The molecule has 0 atom stereocenters. The maximum atomic E-state index is 6.25. The Kier molecular flexibility index (Phi) is 5.47. The summed E-state index contributed by atoms with van der Waals surface area (Å²) in [5, 5.41) is 14.3. The van der Waals surface area contributed by atoms with Gasteiger partial charge < -0.3 is 8.98 Å². The van der Waals surface area contributed by atoms with E-state index in [4.69, 9.17) is 14.4 Å². The third-order valence-electron chi connectivity index (χ3n) is 11.0. The zero-order valence-electron chi connectivity index (χ0n) is 27.8. The Labute approximate surface area is 296 Å². The fourth-order valence-electron chi connectivity index (χ4n) is 8.59. The summed E-state index contributed by atoms with van der Waals surface area (Å²) in [6.07, 6.45) is 1.85. The highest BCUT2D eigenvalue weighted by Gasteiger charge is 2.19. The molecule has 0 fully saturated rings. The molecule has 0 aliphatic rings. The summed E-state index contributed by atoms with van der Waals surface area (Å²) in [5.74, 6) is 0. The molecule has 52 heavy (non-hydrogen) atoms. The van der Waals surface area contributed by atoms with Crippen molar-refractivity contribution in [3.05, 3.63) is 164 Å². The topological polar surface area (TPSA) is 43.9 Å². The number of furan rings is 1. The molecule has 4 heteroatoms. The summed E-state index contributed by atoms with van der Waals surface area (Å²) in [5.41, 5.74) is 9.03. The van der Waals surface area contributed by atoms with E-state index >= 15 is 0 Å². The first kappa shape index (κ1) is 27.7. The molecule has 4 heterocycles. The van der Waals surface area contributed by atoms with Gasteiger partial charge in [-0.2, -0.15) is 0 Å². The van der Waals surface area contributed by atoms with Gasteiger partial charge in [0.2, 0.25) is 0 Å². The summed E-state index contributed by atoms with van der Waals surface area (Å²) < 4.78 is 8.67. The van der Waals surface area contributed by atoms with E-state index < -0.39 is 0 Å². The quantitative estimate of drug-likeness (QED) is 0.173. The highest BCUT2D eigenvalue weighted by atomic mass is 16.3. The lowest BCUT2D eigenvalue weighted by atomic mass is 9.93. The predicted molar refractivity (Wildman–Crippen MR) is 217 cm³/mol. The average molecular weight is 662 g/mol. The summed E-state index contributed by atoms with van der Waals surface area (Å²) >= 11 is 0. The van der Waals surface area contributed by atoms with Gasteiger partial charge in [0.1, 0.15) is 11.2 Å². The normalized spacial score (nSPS) is 12.2. The first-order valence-electron chi connectivity index (χ1n) is 17.6. The van der Waals surface area contributed by atoms with Gasteiger partial charge in [0.25, 0.3) is 0 Å². The van der Waals surface area contributed by atoms with Crippen molar-refractivity contribution in [2.24, 2.45) is 0 Å². The minimum Gasteiger partial charge on any atom is -0.456 e. The molecule has 240 valence electrons.